The number of benzene rings is 3. The molecule has 1 heterocycles. The first-order valence-electron chi connectivity index (χ1n) is 9.60. The number of aromatic nitrogens is 1. The number of aliphatic hydroxyl groups is 1. The maximum Gasteiger partial charge on any atom is 0.170 e. The average Bonchev–Trinajstić information content (AvgIpc) is 3.18. The number of aliphatic hydroxyl groups excluding tert-OH is 1. The second-order valence-corrected chi connectivity index (χ2v) is 7.04. The van der Waals surface area contributed by atoms with Gasteiger partial charge in [-0.25, -0.2) is 13.2 Å². The lowest BCUT2D eigenvalue weighted by molar-refractivity contribution is 0.106. The molecule has 0 radical (unpaired) electrons. The lowest BCUT2D eigenvalue weighted by Crippen LogP contribution is -2.31. The van der Waals surface area contributed by atoms with Crippen molar-refractivity contribution in [2.24, 2.45) is 0 Å². The van der Waals surface area contributed by atoms with E-state index in [9.17, 15) is 18.3 Å². The third-order valence-electron chi connectivity index (χ3n) is 4.70. The second-order valence-electron chi connectivity index (χ2n) is 7.04. The van der Waals surface area contributed by atoms with Crippen LogP contribution in [0, 0.1) is 17.5 Å². The van der Waals surface area contributed by atoms with E-state index >= 15 is 0 Å². The molecule has 0 unspecified atom stereocenters. The minimum Gasteiger partial charge on any atom is -0.491 e. The van der Waals surface area contributed by atoms with Gasteiger partial charge in [0.1, 0.15) is 30.0 Å². The third kappa shape index (κ3) is 5.04. The Bertz CT molecular complexity index is 1180. The van der Waals surface area contributed by atoms with Crippen molar-refractivity contribution in [3.63, 3.8) is 0 Å². The summed E-state index contributed by atoms with van der Waals surface area (Å²) in [5.74, 6) is -1.63. The molecule has 0 fully saturated rings. The topological polar surface area (TPSA) is 67.5 Å². The zero-order valence-electron chi connectivity index (χ0n) is 16.3. The van der Waals surface area contributed by atoms with E-state index in [1.54, 1.807) is 30.3 Å². The van der Waals surface area contributed by atoms with Crippen LogP contribution in [-0.2, 0) is 6.54 Å². The average molecular weight is 428 g/mol. The number of fused-ring (bicyclic) bond motifs is 1. The molecule has 4 rings (SSSR count). The summed E-state index contributed by atoms with van der Waals surface area (Å²) in [6.45, 7) is 0.563. The largest absolute Gasteiger partial charge is 0.491 e. The van der Waals surface area contributed by atoms with Gasteiger partial charge in [-0.05, 0) is 54.1 Å². The summed E-state index contributed by atoms with van der Waals surface area (Å²) in [6.07, 6.45) is -0.792. The summed E-state index contributed by atoms with van der Waals surface area (Å²) in [5.41, 5.74) is 2.33. The van der Waals surface area contributed by atoms with Crippen LogP contribution in [0.15, 0.2) is 65.2 Å². The number of hydrogen-bond acceptors (Lipinski definition) is 5. The fourth-order valence-electron chi connectivity index (χ4n) is 3.11. The Morgan fingerprint density at radius 1 is 0.968 bits per heavy atom. The molecule has 0 aliphatic carbocycles. The van der Waals surface area contributed by atoms with Gasteiger partial charge in [0.05, 0.1) is 0 Å². The number of nitrogens with one attached hydrogen (secondary N) is 1. The van der Waals surface area contributed by atoms with Gasteiger partial charge in [-0.3, -0.25) is 0 Å². The highest BCUT2D eigenvalue weighted by molar-refractivity contribution is 5.91. The molecule has 31 heavy (non-hydrogen) atoms. The van der Waals surface area contributed by atoms with Crippen LogP contribution in [-0.4, -0.2) is 29.5 Å². The molecule has 5 nitrogen and oxygen atoms in total. The summed E-state index contributed by atoms with van der Waals surface area (Å²) in [6, 6.07) is 15.0. The fourth-order valence-corrected chi connectivity index (χ4v) is 3.11. The second kappa shape index (κ2) is 9.20. The van der Waals surface area contributed by atoms with E-state index in [1.807, 2.05) is 0 Å². The van der Waals surface area contributed by atoms with Gasteiger partial charge in [0.2, 0.25) is 0 Å². The molecule has 0 amide bonds. The van der Waals surface area contributed by atoms with E-state index in [4.69, 9.17) is 9.26 Å². The molecule has 2 N–H and O–H groups in total. The number of nitrogens with zero attached hydrogens (tertiary/aromatic N) is 1. The summed E-state index contributed by atoms with van der Waals surface area (Å²) >= 11 is 0. The lowest BCUT2D eigenvalue weighted by Gasteiger charge is -2.13. The van der Waals surface area contributed by atoms with Crippen LogP contribution in [0.4, 0.5) is 13.2 Å². The molecular formula is C23H19F3N2O3. The Kier molecular flexibility index (Phi) is 6.20. The number of hydrogen-bond donors (Lipinski definition) is 2. The molecule has 160 valence electrons. The molecule has 0 saturated carbocycles. The van der Waals surface area contributed by atoms with Crippen molar-refractivity contribution in [3.05, 3.63) is 83.7 Å². The van der Waals surface area contributed by atoms with Crippen LogP contribution in [0.25, 0.3) is 22.2 Å². The van der Waals surface area contributed by atoms with Crippen LogP contribution in [0.1, 0.15) is 5.56 Å². The van der Waals surface area contributed by atoms with Crippen molar-refractivity contribution in [1.29, 1.82) is 0 Å². The van der Waals surface area contributed by atoms with Crippen molar-refractivity contribution in [2.75, 3.05) is 13.2 Å². The number of ether oxygens (including phenoxy) is 1. The summed E-state index contributed by atoms with van der Waals surface area (Å²) in [5, 5.41) is 17.7. The molecule has 3 aromatic carbocycles. The molecule has 0 bridgehead atoms. The van der Waals surface area contributed by atoms with Gasteiger partial charge >= 0.3 is 0 Å². The smallest absolute Gasteiger partial charge is 0.170 e. The van der Waals surface area contributed by atoms with Gasteiger partial charge in [-0.15, -0.1) is 0 Å². The van der Waals surface area contributed by atoms with Crippen LogP contribution >= 0.6 is 0 Å². The predicted molar refractivity (Wildman–Crippen MR) is 109 cm³/mol. The van der Waals surface area contributed by atoms with E-state index < -0.39 is 23.6 Å². The number of rotatable bonds is 8. The first kappa shape index (κ1) is 20.9. The minimum absolute atomic E-state index is 0.0519. The van der Waals surface area contributed by atoms with E-state index in [2.05, 4.69) is 10.5 Å². The monoisotopic (exact) mass is 428 g/mol. The zero-order valence-corrected chi connectivity index (χ0v) is 16.3. The highest BCUT2D eigenvalue weighted by Crippen LogP contribution is 2.29. The lowest BCUT2D eigenvalue weighted by atomic mass is 10.1. The van der Waals surface area contributed by atoms with Crippen LogP contribution in [0.2, 0.25) is 0 Å². The summed E-state index contributed by atoms with van der Waals surface area (Å²) < 4.78 is 50.2. The number of halogens is 3. The Morgan fingerprint density at radius 2 is 1.77 bits per heavy atom. The molecule has 0 aliphatic rings. The van der Waals surface area contributed by atoms with Crippen molar-refractivity contribution in [3.8, 4) is 17.0 Å². The standard InChI is InChI=1S/C23H19F3N2O3/c24-16-4-7-19-22(10-16)31-28-23(19)15-2-5-18(6-3-15)30-13-17(29)12-27-11-14-1-8-20(25)21(26)9-14/h1-10,17,27,29H,11-13H2/t17-/m1/s1. The highest BCUT2D eigenvalue weighted by atomic mass is 19.2. The summed E-state index contributed by atoms with van der Waals surface area (Å²) in [4.78, 5) is 0. The van der Waals surface area contributed by atoms with Crippen molar-refractivity contribution < 1.29 is 27.5 Å². The highest BCUT2D eigenvalue weighted by Gasteiger charge is 2.12. The van der Waals surface area contributed by atoms with Gasteiger partial charge in [0.25, 0.3) is 0 Å². The molecule has 4 aromatic rings. The minimum atomic E-state index is -0.905. The van der Waals surface area contributed by atoms with E-state index in [0.717, 1.165) is 17.7 Å². The van der Waals surface area contributed by atoms with Gasteiger partial charge < -0.3 is 19.7 Å². The van der Waals surface area contributed by atoms with Crippen molar-refractivity contribution in [2.45, 2.75) is 12.6 Å². The molecule has 0 saturated heterocycles. The van der Waals surface area contributed by atoms with Crippen LogP contribution in [0.3, 0.4) is 0 Å². The van der Waals surface area contributed by atoms with E-state index in [-0.39, 0.29) is 13.2 Å². The van der Waals surface area contributed by atoms with Gasteiger partial charge in [-0.1, -0.05) is 11.2 Å². The Balaban J connectivity index is 1.28. The molecule has 1 aromatic heterocycles. The SMILES string of the molecule is O[C@H](CNCc1ccc(F)c(F)c1)COc1ccc(-c2noc3cc(F)ccc23)cc1. The molecular weight excluding hydrogens is 409 g/mol. The van der Waals surface area contributed by atoms with Crippen molar-refractivity contribution in [1.82, 2.24) is 10.5 Å². The van der Waals surface area contributed by atoms with Crippen molar-refractivity contribution >= 4 is 11.0 Å². The summed E-state index contributed by atoms with van der Waals surface area (Å²) in [7, 11) is 0. The first-order chi connectivity index (χ1) is 15.0. The van der Waals surface area contributed by atoms with Gasteiger partial charge in [0.15, 0.2) is 17.2 Å². The van der Waals surface area contributed by atoms with E-state index in [0.29, 0.717) is 34.5 Å². The normalized spacial score (nSPS) is 12.3. The van der Waals surface area contributed by atoms with E-state index in [1.165, 1.54) is 18.2 Å². The maximum absolute atomic E-state index is 13.3. The molecule has 1 atom stereocenters. The molecule has 8 heteroatoms. The van der Waals surface area contributed by atoms with Crippen LogP contribution in [0.5, 0.6) is 5.75 Å². The molecule has 0 spiro atoms. The Morgan fingerprint density at radius 3 is 2.55 bits per heavy atom. The Labute approximate surface area is 176 Å². The molecule has 0 aliphatic heterocycles. The van der Waals surface area contributed by atoms with Crippen LogP contribution < -0.4 is 10.1 Å². The first-order valence-corrected chi connectivity index (χ1v) is 9.60. The van der Waals surface area contributed by atoms with Gasteiger partial charge in [0, 0.05) is 30.1 Å². The predicted octanol–water partition coefficient (Wildman–Crippen LogP) is 4.44. The maximum atomic E-state index is 13.3. The zero-order chi connectivity index (χ0) is 21.8. The van der Waals surface area contributed by atoms with Gasteiger partial charge in [-0.2, -0.15) is 0 Å². The quantitative estimate of drug-likeness (QED) is 0.434. The third-order valence-corrected chi connectivity index (χ3v) is 4.70. The Hall–Kier alpha value is -3.36. The fraction of sp³-hybridized carbons (Fsp3) is 0.174.